The van der Waals surface area contributed by atoms with Gasteiger partial charge in [0.1, 0.15) is 0 Å². The van der Waals surface area contributed by atoms with Gasteiger partial charge >= 0.3 is 0 Å². The van der Waals surface area contributed by atoms with E-state index in [1.165, 1.54) is 32.1 Å². The molecule has 1 rings (SSSR count). The maximum atomic E-state index is 9.19. The van der Waals surface area contributed by atoms with Crippen molar-refractivity contribution in [1.82, 2.24) is 0 Å². The van der Waals surface area contributed by atoms with Gasteiger partial charge in [0.15, 0.2) is 0 Å². The molecule has 0 radical (unpaired) electrons. The van der Waals surface area contributed by atoms with Gasteiger partial charge in [0.25, 0.3) is 10.1 Å². The van der Waals surface area contributed by atoms with Crippen molar-refractivity contribution in [3.05, 3.63) is 0 Å². The summed E-state index contributed by atoms with van der Waals surface area (Å²) in [4.78, 5) is 0. The highest BCUT2D eigenvalue weighted by Crippen LogP contribution is 2.20. The number of aliphatic hydroxyl groups is 1. The Morgan fingerprint density at radius 1 is 1.25 bits per heavy atom. The molecule has 16 heavy (non-hydrogen) atoms. The zero-order valence-corrected chi connectivity index (χ0v) is 10.6. The third-order valence-electron chi connectivity index (χ3n) is 2.21. The van der Waals surface area contributed by atoms with Crippen molar-refractivity contribution in [3.8, 4) is 0 Å². The highest BCUT2D eigenvalue weighted by Gasteiger charge is 2.12. The Kier molecular flexibility index (Phi) is 8.83. The molecular formula is C10H22O5S. The molecular weight excluding hydrogens is 232 g/mol. The van der Waals surface area contributed by atoms with E-state index in [1.807, 2.05) is 0 Å². The lowest BCUT2D eigenvalue weighted by Crippen LogP contribution is -2.17. The molecule has 0 saturated heterocycles. The van der Waals surface area contributed by atoms with E-state index < -0.39 is 10.1 Å². The summed E-state index contributed by atoms with van der Waals surface area (Å²) >= 11 is 0. The van der Waals surface area contributed by atoms with Crippen LogP contribution in [0.5, 0.6) is 0 Å². The SMILES string of the molecule is CS(=O)(=O)O.OCCCOC1CCCCC1. The summed E-state index contributed by atoms with van der Waals surface area (Å²) in [6, 6.07) is 0. The third kappa shape index (κ3) is 13.8. The van der Waals surface area contributed by atoms with Gasteiger partial charge in [-0.05, 0) is 19.3 Å². The van der Waals surface area contributed by atoms with E-state index >= 15 is 0 Å². The molecule has 0 amide bonds. The average molecular weight is 254 g/mol. The minimum absolute atomic E-state index is 0.257. The second kappa shape index (κ2) is 8.92. The lowest BCUT2D eigenvalue weighted by atomic mass is 9.98. The molecule has 0 aromatic heterocycles. The van der Waals surface area contributed by atoms with E-state index in [1.54, 1.807) is 0 Å². The van der Waals surface area contributed by atoms with Crippen molar-refractivity contribution < 1.29 is 22.8 Å². The topological polar surface area (TPSA) is 83.8 Å². The van der Waals surface area contributed by atoms with E-state index in [9.17, 15) is 8.42 Å². The van der Waals surface area contributed by atoms with Crippen molar-refractivity contribution in [1.29, 1.82) is 0 Å². The van der Waals surface area contributed by atoms with Gasteiger partial charge in [0.2, 0.25) is 0 Å². The fraction of sp³-hybridized carbons (Fsp3) is 1.00. The number of hydrogen-bond donors (Lipinski definition) is 2. The van der Waals surface area contributed by atoms with Crippen molar-refractivity contribution in [3.63, 3.8) is 0 Å². The summed E-state index contributed by atoms with van der Waals surface area (Å²) in [5.74, 6) is 0. The Hall–Kier alpha value is -0.170. The molecule has 6 heteroatoms. The summed E-state index contributed by atoms with van der Waals surface area (Å²) < 4.78 is 31.4. The van der Waals surface area contributed by atoms with Crippen molar-refractivity contribution in [2.24, 2.45) is 0 Å². The molecule has 5 nitrogen and oxygen atoms in total. The van der Waals surface area contributed by atoms with Crippen LogP contribution in [0.25, 0.3) is 0 Å². The quantitative estimate of drug-likeness (QED) is 0.582. The minimum Gasteiger partial charge on any atom is -0.396 e. The van der Waals surface area contributed by atoms with Gasteiger partial charge < -0.3 is 9.84 Å². The summed E-state index contributed by atoms with van der Waals surface area (Å²) in [6.45, 7) is 0.994. The fourth-order valence-corrected chi connectivity index (χ4v) is 1.55. The van der Waals surface area contributed by atoms with Gasteiger partial charge in [-0.1, -0.05) is 19.3 Å². The summed E-state index contributed by atoms with van der Waals surface area (Å²) in [6.07, 6.45) is 8.48. The Bertz CT molecular complexity index is 236. The molecule has 0 aromatic rings. The third-order valence-corrected chi connectivity index (χ3v) is 2.21. The second-order valence-corrected chi connectivity index (χ2v) is 5.41. The summed E-state index contributed by atoms with van der Waals surface area (Å²) in [5, 5.41) is 8.52. The first-order valence-corrected chi connectivity index (χ1v) is 7.43. The summed E-state index contributed by atoms with van der Waals surface area (Å²) in [5.41, 5.74) is 0. The summed E-state index contributed by atoms with van der Waals surface area (Å²) in [7, 11) is -3.67. The number of hydrogen-bond acceptors (Lipinski definition) is 4. The monoisotopic (exact) mass is 254 g/mol. The van der Waals surface area contributed by atoms with Crippen LogP contribution >= 0.6 is 0 Å². The first kappa shape index (κ1) is 15.8. The predicted octanol–water partition coefficient (Wildman–Crippen LogP) is 1.22. The molecule has 0 bridgehead atoms. The molecule has 0 aromatic carbocycles. The van der Waals surface area contributed by atoms with Crippen molar-refractivity contribution in [2.75, 3.05) is 19.5 Å². The number of ether oxygens (including phenoxy) is 1. The van der Waals surface area contributed by atoms with E-state index in [-0.39, 0.29) is 6.61 Å². The van der Waals surface area contributed by atoms with Crippen LogP contribution in [0.3, 0.4) is 0 Å². The predicted molar refractivity (Wildman–Crippen MR) is 62.0 cm³/mol. The smallest absolute Gasteiger partial charge is 0.261 e. The minimum atomic E-state index is -3.67. The van der Waals surface area contributed by atoms with Crippen LogP contribution in [0.2, 0.25) is 0 Å². The number of rotatable bonds is 4. The number of aliphatic hydroxyl groups excluding tert-OH is 1. The van der Waals surface area contributed by atoms with Gasteiger partial charge in [-0.3, -0.25) is 4.55 Å². The van der Waals surface area contributed by atoms with Crippen molar-refractivity contribution >= 4 is 10.1 Å². The fourth-order valence-electron chi connectivity index (χ4n) is 1.55. The van der Waals surface area contributed by atoms with Crippen LogP contribution in [0.15, 0.2) is 0 Å². The molecule has 1 aliphatic carbocycles. The molecule has 0 atom stereocenters. The Morgan fingerprint density at radius 3 is 2.19 bits per heavy atom. The van der Waals surface area contributed by atoms with Gasteiger partial charge in [-0.2, -0.15) is 8.42 Å². The van der Waals surface area contributed by atoms with Crippen LogP contribution < -0.4 is 0 Å². The van der Waals surface area contributed by atoms with Crippen LogP contribution in [-0.2, 0) is 14.9 Å². The first-order valence-electron chi connectivity index (χ1n) is 5.58. The van der Waals surface area contributed by atoms with Gasteiger partial charge in [-0.15, -0.1) is 0 Å². The molecule has 0 unspecified atom stereocenters. The molecule has 1 aliphatic rings. The molecule has 0 spiro atoms. The molecule has 2 N–H and O–H groups in total. The lowest BCUT2D eigenvalue weighted by Gasteiger charge is -2.21. The van der Waals surface area contributed by atoms with E-state index in [0.717, 1.165) is 13.0 Å². The maximum absolute atomic E-state index is 9.19. The first-order chi connectivity index (χ1) is 7.43. The molecule has 0 heterocycles. The van der Waals surface area contributed by atoms with E-state index in [2.05, 4.69) is 0 Å². The van der Waals surface area contributed by atoms with Crippen LogP contribution in [-0.4, -0.2) is 43.7 Å². The molecule has 1 fully saturated rings. The van der Waals surface area contributed by atoms with Crippen molar-refractivity contribution in [2.45, 2.75) is 44.6 Å². The highest BCUT2D eigenvalue weighted by molar-refractivity contribution is 7.85. The Balaban J connectivity index is 0.000000385. The van der Waals surface area contributed by atoms with Crippen LogP contribution in [0, 0.1) is 0 Å². The molecule has 98 valence electrons. The Labute approximate surface area is 97.6 Å². The maximum Gasteiger partial charge on any atom is 0.261 e. The zero-order chi connectivity index (χ0) is 12.4. The molecule has 1 saturated carbocycles. The second-order valence-electron chi connectivity index (χ2n) is 3.94. The normalized spacial score (nSPS) is 17.7. The van der Waals surface area contributed by atoms with E-state index in [4.69, 9.17) is 14.4 Å². The average Bonchev–Trinajstić information content (AvgIpc) is 2.17. The van der Waals surface area contributed by atoms with Gasteiger partial charge in [-0.25, -0.2) is 0 Å². The van der Waals surface area contributed by atoms with Gasteiger partial charge in [0, 0.05) is 13.2 Å². The van der Waals surface area contributed by atoms with Crippen LogP contribution in [0.1, 0.15) is 38.5 Å². The largest absolute Gasteiger partial charge is 0.396 e. The van der Waals surface area contributed by atoms with Crippen LogP contribution in [0.4, 0.5) is 0 Å². The van der Waals surface area contributed by atoms with Gasteiger partial charge in [0.05, 0.1) is 12.4 Å². The lowest BCUT2D eigenvalue weighted by molar-refractivity contribution is 0.0214. The standard InChI is InChI=1S/C9H18O2.CH4O3S/c10-7-4-8-11-9-5-2-1-3-6-9;1-5(2,3)4/h9-10H,1-8H2;1H3,(H,2,3,4). The van der Waals surface area contributed by atoms with E-state index in [0.29, 0.717) is 12.4 Å². The molecule has 0 aliphatic heterocycles. The zero-order valence-electron chi connectivity index (χ0n) is 9.76. The highest BCUT2D eigenvalue weighted by atomic mass is 32.2. The Morgan fingerprint density at radius 2 is 1.75 bits per heavy atom.